The zero-order valence-electron chi connectivity index (χ0n) is 11.2. The van der Waals surface area contributed by atoms with Gasteiger partial charge in [0.05, 0.1) is 0 Å². The second kappa shape index (κ2) is 4.25. The summed E-state index contributed by atoms with van der Waals surface area (Å²) in [5.41, 5.74) is -0.713. The molecule has 19 heavy (non-hydrogen) atoms. The molecule has 2 aliphatic carbocycles. The largest absolute Gasteiger partial charge is 0.312 e. The normalized spacial score (nSPS) is 39.5. The van der Waals surface area contributed by atoms with Crippen molar-refractivity contribution in [1.82, 2.24) is 5.32 Å². The van der Waals surface area contributed by atoms with Gasteiger partial charge in [-0.15, -0.1) is 0 Å². The number of fused-ring (bicyclic) bond motifs is 1. The van der Waals surface area contributed by atoms with Crippen LogP contribution >= 0.6 is 0 Å². The van der Waals surface area contributed by atoms with Gasteiger partial charge in [-0.1, -0.05) is 13.3 Å². The molecule has 2 unspecified atom stereocenters. The molecule has 0 radical (unpaired) electrons. The topological polar surface area (TPSA) is 41.5 Å². The van der Waals surface area contributed by atoms with Gasteiger partial charge in [0.25, 0.3) is 5.91 Å². The first-order chi connectivity index (χ1) is 8.94. The Morgan fingerprint density at radius 1 is 1.26 bits per heavy atom. The Balaban J connectivity index is 1.73. The highest BCUT2D eigenvalue weighted by atomic mass is 19.3. The summed E-state index contributed by atoms with van der Waals surface area (Å²) < 4.78 is 26.7. The van der Waals surface area contributed by atoms with Crippen LogP contribution in [-0.2, 0) is 4.79 Å². The molecule has 3 nitrogen and oxygen atoms in total. The van der Waals surface area contributed by atoms with Crippen molar-refractivity contribution in [3.05, 3.63) is 0 Å². The van der Waals surface area contributed by atoms with Crippen molar-refractivity contribution in [2.24, 2.45) is 16.8 Å². The van der Waals surface area contributed by atoms with Gasteiger partial charge in [-0.2, -0.15) is 0 Å². The van der Waals surface area contributed by atoms with Crippen molar-refractivity contribution < 1.29 is 13.6 Å². The molecule has 0 aromatic rings. The van der Waals surface area contributed by atoms with Crippen LogP contribution in [0.1, 0.15) is 51.9 Å². The minimum atomic E-state index is -2.53. The lowest BCUT2D eigenvalue weighted by Gasteiger charge is -2.19. The maximum Gasteiger partial charge on any atom is 0.253 e. The Hall–Kier alpha value is -1.00. The predicted molar refractivity (Wildman–Crippen MR) is 68.2 cm³/mol. The molecule has 0 aromatic carbocycles. The van der Waals surface area contributed by atoms with Gasteiger partial charge in [0, 0.05) is 19.3 Å². The van der Waals surface area contributed by atoms with Gasteiger partial charge in [0.2, 0.25) is 5.92 Å². The van der Waals surface area contributed by atoms with Crippen molar-refractivity contribution in [3.63, 3.8) is 0 Å². The van der Waals surface area contributed by atoms with Crippen LogP contribution in [-0.4, -0.2) is 23.2 Å². The standard InChI is InChI=1S/C14H20F2N2O/c1-2-3-4-11-17-12(19)13(18-11)5-9-7-14(15,16)8-10(9)6-13/h9-10H,2-8H2,1H3,(H,17,18,19). The number of amidine groups is 1. The van der Waals surface area contributed by atoms with Gasteiger partial charge in [-0.05, 0) is 31.1 Å². The average Bonchev–Trinajstić information content (AvgIpc) is 2.86. The van der Waals surface area contributed by atoms with Gasteiger partial charge in [0.15, 0.2) is 0 Å². The van der Waals surface area contributed by atoms with Gasteiger partial charge in [0.1, 0.15) is 11.4 Å². The number of nitrogens with one attached hydrogen (secondary N) is 1. The van der Waals surface area contributed by atoms with E-state index in [1.807, 2.05) is 0 Å². The SMILES string of the molecule is CCCCC1=NC2(CC3CC(F)(F)CC3C2)C(=O)N1. The Bertz CT molecular complexity index is 417. The van der Waals surface area contributed by atoms with E-state index in [2.05, 4.69) is 17.2 Å². The number of hydrogen-bond acceptors (Lipinski definition) is 2. The molecule has 1 amide bonds. The molecular weight excluding hydrogens is 250 g/mol. The van der Waals surface area contributed by atoms with Gasteiger partial charge in [-0.25, -0.2) is 8.78 Å². The monoisotopic (exact) mass is 270 g/mol. The second-order valence-corrected chi connectivity index (χ2v) is 6.34. The molecule has 2 saturated carbocycles. The second-order valence-electron chi connectivity index (χ2n) is 6.34. The number of aliphatic imine (C=N–C) groups is 1. The van der Waals surface area contributed by atoms with Crippen molar-refractivity contribution in [2.45, 2.75) is 63.3 Å². The lowest BCUT2D eigenvalue weighted by atomic mass is 9.94. The van der Waals surface area contributed by atoms with Crippen LogP contribution in [0.15, 0.2) is 4.99 Å². The molecule has 3 rings (SSSR count). The molecule has 1 N–H and O–H groups in total. The maximum atomic E-state index is 13.3. The first-order valence-electron chi connectivity index (χ1n) is 7.22. The molecule has 0 saturated heterocycles. The summed E-state index contributed by atoms with van der Waals surface area (Å²) >= 11 is 0. The van der Waals surface area contributed by atoms with E-state index in [4.69, 9.17) is 0 Å². The minimum absolute atomic E-state index is 0.0324. The summed E-state index contributed by atoms with van der Waals surface area (Å²) in [6, 6.07) is 0. The maximum absolute atomic E-state index is 13.3. The van der Waals surface area contributed by atoms with Crippen LogP contribution in [0, 0.1) is 11.8 Å². The number of rotatable bonds is 3. The van der Waals surface area contributed by atoms with E-state index in [1.165, 1.54) is 0 Å². The zero-order valence-corrected chi connectivity index (χ0v) is 11.2. The number of nitrogens with zero attached hydrogens (tertiary/aromatic N) is 1. The number of carbonyl (C=O) groups excluding carboxylic acids is 1. The van der Waals surface area contributed by atoms with E-state index in [1.54, 1.807) is 0 Å². The van der Waals surface area contributed by atoms with Crippen LogP contribution in [0.4, 0.5) is 8.78 Å². The summed E-state index contributed by atoms with van der Waals surface area (Å²) in [4.78, 5) is 16.7. The highest BCUT2D eigenvalue weighted by molar-refractivity contribution is 6.08. The molecule has 0 aromatic heterocycles. The Morgan fingerprint density at radius 2 is 1.89 bits per heavy atom. The van der Waals surface area contributed by atoms with Crippen molar-refractivity contribution >= 4 is 11.7 Å². The highest BCUT2D eigenvalue weighted by Gasteiger charge is 2.59. The highest BCUT2D eigenvalue weighted by Crippen LogP contribution is 2.56. The van der Waals surface area contributed by atoms with E-state index in [-0.39, 0.29) is 30.6 Å². The lowest BCUT2D eigenvalue weighted by molar-refractivity contribution is -0.124. The minimum Gasteiger partial charge on any atom is -0.312 e. The molecule has 2 atom stereocenters. The van der Waals surface area contributed by atoms with Crippen LogP contribution in [0.2, 0.25) is 0 Å². The molecule has 3 aliphatic rings. The van der Waals surface area contributed by atoms with E-state index in [9.17, 15) is 13.6 Å². The Kier molecular flexibility index (Phi) is 2.91. The van der Waals surface area contributed by atoms with Crippen LogP contribution < -0.4 is 5.32 Å². The van der Waals surface area contributed by atoms with E-state index in [0.717, 1.165) is 25.1 Å². The van der Waals surface area contributed by atoms with Gasteiger partial charge in [-0.3, -0.25) is 9.79 Å². The molecule has 1 heterocycles. The summed E-state index contributed by atoms with van der Waals surface area (Å²) in [5.74, 6) is -1.89. The summed E-state index contributed by atoms with van der Waals surface area (Å²) in [5, 5.41) is 2.86. The molecule has 1 aliphatic heterocycles. The smallest absolute Gasteiger partial charge is 0.253 e. The molecule has 2 fully saturated rings. The van der Waals surface area contributed by atoms with Crippen molar-refractivity contribution in [1.29, 1.82) is 0 Å². The molecular formula is C14H20F2N2O. The Labute approximate surface area is 111 Å². The van der Waals surface area contributed by atoms with Gasteiger partial charge >= 0.3 is 0 Å². The summed E-state index contributed by atoms with van der Waals surface area (Å²) in [6.07, 6.45) is 3.73. The van der Waals surface area contributed by atoms with Crippen molar-refractivity contribution in [3.8, 4) is 0 Å². The number of hydrogen-bond donors (Lipinski definition) is 1. The molecule has 0 bridgehead atoms. The van der Waals surface area contributed by atoms with E-state index >= 15 is 0 Å². The fourth-order valence-corrected chi connectivity index (χ4v) is 3.94. The fraction of sp³-hybridized carbons (Fsp3) is 0.857. The molecule has 106 valence electrons. The van der Waals surface area contributed by atoms with Gasteiger partial charge < -0.3 is 5.32 Å². The number of alkyl halides is 2. The average molecular weight is 270 g/mol. The third-order valence-electron chi connectivity index (χ3n) is 4.78. The van der Waals surface area contributed by atoms with Crippen molar-refractivity contribution in [2.75, 3.05) is 0 Å². The van der Waals surface area contributed by atoms with Crippen LogP contribution in [0.25, 0.3) is 0 Å². The number of unbranched alkanes of at least 4 members (excludes halogenated alkanes) is 1. The number of carbonyl (C=O) groups is 1. The Morgan fingerprint density at radius 3 is 2.47 bits per heavy atom. The molecule has 1 spiro atoms. The number of amides is 1. The quantitative estimate of drug-likeness (QED) is 0.841. The van der Waals surface area contributed by atoms with E-state index in [0.29, 0.717) is 12.8 Å². The summed E-state index contributed by atoms with van der Waals surface area (Å²) in [7, 11) is 0. The predicted octanol–water partition coefficient (Wildman–Crippen LogP) is 2.90. The first kappa shape index (κ1) is 13.0. The van der Waals surface area contributed by atoms with Crippen LogP contribution in [0.3, 0.4) is 0 Å². The first-order valence-corrected chi connectivity index (χ1v) is 7.22. The summed E-state index contributed by atoms with van der Waals surface area (Å²) in [6.45, 7) is 2.09. The third-order valence-corrected chi connectivity index (χ3v) is 4.78. The van der Waals surface area contributed by atoms with Crippen LogP contribution in [0.5, 0.6) is 0 Å². The third kappa shape index (κ3) is 2.17. The number of halogens is 2. The zero-order chi connectivity index (χ0) is 13.7. The lowest BCUT2D eigenvalue weighted by Crippen LogP contribution is -2.38. The fourth-order valence-electron chi connectivity index (χ4n) is 3.94. The molecule has 5 heteroatoms. The van der Waals surface area contributed by atoms with E-state index < -0.39 is 11.5 Å².